The number of benzene rings is 8. The van der Waals surface area contributed by atoms with Gasteiger partial charge in [-0.2, -0.15) is 4.57 Å². The van der Waals surface area contributed by atoms with Crippen LogP contribution in [-0.2, 0) is 13.5 Å². The molecule has 0 aliphatic carbocycles. The molecule has 2 heterocycles. The van der Waals surface area contributed by atoms with Crippen molar-refractivity contribution in [3.63, 3.8) is 0 Å². The highest BCUT2D eigenvalue weighted by Crippen LogP contribution is 2.38. The van der Waals surface area contributed by atoms with Crippen molar-refractivity contribution in [3.8, 4) is 90.0 Å². The zero-order valence-corrected chi connectivity index (χ0v) is 38.6. The van der Waals surface area contributed by atoms with Gasteiger partial charge in [0.05, 0.1) is 45.2 Å². The summed E-state index contributed by atoms with van der Waals surface area (Å²) in [5.74, 6) is 2.81. The van der Waals surface area contributed by atoms with Crippen molar-refractivity contribution in [2.24, 2.45) is 7.05 Å². The number of hydrogen-bond donors (Lipinski definition) is 0. The molecule has 0 fully saturated rings. The second-order valence-corrected chi connectivity index (χ2v) is 16.9. The first-order chi connectivity index (χ1) is 32.8. The summed E-state index contributed by atoms with van der Waals surface area (Å²) in [6, 6.07) is 66.9. The molecule has 0 atom stereocenters. The maximum absolute atomic E-state index is 5.77. The summed E-state index contributed by atoms with van der Waals surface area (Å²) in [5.41, 5.74) is 16.8. The number of aryl methyl sites for hydroxylation is 1. The molecular formula is C61H51N2O4+. The average molecular weight is 876 g/mol. The fourth-order valence-electron chi connectivity index (χ4n) is 9.21. The van der Waals surface area contributed by atoms with Gasteiger partial charge in [-0.1, -0.05) is 133 Å². The molecule has 2 aromatic heterocycles. The van der Waals surface area contributed by atoms with Gasteiger partial charge >= 0.3 is 0 Å². The number of rotatable bonds is 12. The van der Waals surface area contributed by atoms with Crippen LogP contribution in [0.3, 0.4) is 0 Å². The topological polar surface area (TPSA) is 53.7 Å². The highest BCUT2D eigenvalue weighted by Gasteiger charge is 2.20. The fourth-order valence-corrected chi connectivity index (χ4v) is 9.21. The van der Waals surface area contributed by atoms with Crippen LogP contribution in [0.5, 0.6) is 23.0 Å². The molecule has 0 saturated carbocycles. The molecule has 0 aliphatic heterocycles. The predicted molar refractivity (Wildman–Crippen MR) is 273 cm³/mol. The van der Waals surface area contributed by atoms with E-state index in [1.165, 1.54) is 16.7 Å². The molecule has 8 aromatic carbocycles. The molecule has 6 heteroatoms. The van der Waals surface area contributed by atoms with Crippen LogP contribution >= 0.6 is 0 Å². The maximum atomic E-state index is 5.77. The average Bonchev–Trinajstić information content (AvgIpc) is 3.39. The normalized spacial score (nSPS) is 11.2. The first kappa shape index (κ1) is 42.7. The number of aromatic nitrogens is 2. The minimum atomic E-state index is 0.645. The molecule has 0 bridgehead atoms. The first-order valence-electron chi connectivity index (χ1n) is 22.5. The third-order valence-electron chi connectivity index (χ3n) is 13.0. The van der Waals surface area contributed by atoms with Gasteiger partial charge in [0, 0.05) is 35.9 Å². The standard InChI is InChI=1S/C61H51N2O4/c1-39-53-37-60(66-5)59(65-4)36-52(53)34-57(63(39)2)50-17-11-15-48(32-50)46-28-24-44(25-29-46)42-20-18-40(19-21-42)30-56-54-38-61(67-6)58(64-3)35-51(54)33-55(62-56)49-16-10-14-47(31-49)45-26-22-43(23-27-45)41-12-8-7-9-13-41/h7-29,31-38H,30H2,1-6H3/q+1. The molecule has 10 rings (SSSR count). The molecular weight excluding hydrogens is 825 g/mol. The lowest BCUT2D eigenvalue weighted by molar-refractivity contribution is -0.665. The number of hydrogen-bond acceptors (Lipinski definition) is 5. The van der Waals surface area contributed by atoms with Crippen LogP contribution in [0.25, 0.3) is 88.6 Å². The Morgan fingerprint density at radius 3 is 1.36 bits per heavy atom. The third-order valence-corrected chi connectivity index (χ3v) is 13.0. The Kier molecular flexibility index (Phi) is 11.7. The van der Waals surface area contributed by atoms with Crippen LogP contribution in [0.1, 0.15) is 17.0 Å². The van der Waals surface area contributed by atoms with E-state index in [1.807, 2.05) is 6.07 Å². The molecule has 0 aliphatic rings. The van der Waals surface area contributed by atoms with E-state index in [0.717, 1.165) is 100 Å². The molecule has 0 unspecified atom stereocenters. The van der Waals surface area contributed by atoms with E-state index in [2.05, 4.69) is 201 Å². The summed E-state index contributed by atoms with van der Waals surface area (Å²) < 4.78 is 25.0. The fraction of sp³-hybridized carbons (Fsp3) is 0.115. The highest BCUT2D eigenvalue weighted by atomic mass is 16.5. The van der Waals surface area contributed by atoms with E-state index in [4.69, 9.17) is 23.9 Å². The number of nitrogens with zero attached hydrogens (tertiary/aromatic N) is 2. The second-order valence-electron chi connectivity index (χ2n) is 16.9. The largest absolute Gasteiger partial charge is 0.493 e. The molecule has 0 amide bonds. The molecule has 328 valence electrons. The van der Waals surface area contributed by atoms with Gasteiger partial charge in [-0.15, -0.1) is 0 Å². The number of pyridine rings is 2. The van der Waals surface area contributed by atoms with Crippen LogP contribution in [0, 0.1) is 6.92 Å². The molecule has 10 aromatic rings. The highest BCUT2D eigenvalue weighted by molar-refractivity contribution is 5.92. The quantitative estimate of drug-likeness (QED) is 0.114. The minimum Gasteiger partial charge on any atom is -0.493 e. The Bertz CT molecular complexity index is 3420. The monoisotopic (exact) mass is 875 g/mol. The van der Waals surface area contributed by atoms with Gasteiger partial charge in [0.15, 0.2) is 28.7 Å². The van der Waals surface area contributed by atoms with Gasteiger partial charge in [0.2, 0.25) is 5.69 Å². The Hall–Kier alpha value is -8.22. The molecule has 0 spiro atoms. The van der Waals surface area contributed by atoms with Gasteiger partial charge in [-0.3, -0.25) is 4.98 Å². The Labute approximate surface area is 392 Å². The summed E-state index contributed by atoms with van der Waals surface area (Å²) in [7, 11) is 8.82. The van der Waals surface area contributed by atoms with Gasteiger partial charge in [-0.05, 0) is 109 Å². The predicted octanol–water partition coefficient (Wildman–Crippen LogP) is 14.1. The third kappa shape index (κ3) is 8.46. The van der Waals surface area contributed by atoms with E-state index in [-0.39, 0.29) is 0 Å². The van der Waals surface area contributed by atoms with Crippen LogP contribution in [0.4, 0.5) is 0 Å². The van der Waals surface area contributed by atoms with Crippen molar-refractivity contribution in [2.45, 2.75) is 13.3 Å². The van der Waals surface area contributed by atoms with Crippen LogP contribution in [0.2, 0.25) is 0 Å². The summed E-state index contributed by atoms with van der Waals surface area (Å²) in [6.07, 6.45) is 0.645. The van der Waals surface area contributed by atoms with Gasteiger partial charge in [0.1, 0.15) is 7.05 Å². The molecule has 6 nitrogen and oxygen atoms in total. The van der Waals surface area contributed by atoms with Crippen molar-refractivity contribution in [2.75, 3.05) is 28.4 Å². The summed E-state index contributed by atoms with van der Waals surface area (Å²) in [6.45, 7) is 2.15. The van der Waals surface area contributed by atoms with Crippen LogP contribution < -0.4 is 23.5 Å². The van der Waals surface area contributed by atoms with Gasteiger partial charge < -0.3 is 18.9 Å². The Morgan fingerprint density at radius 1 is 0.388 bits per heavy atom. The SMILES string of the molecule is COc1cc2cc(-c3cccc(-c4ccc(-c5ccccc5)cc4)c3)nc(Cc3ccc(-c4ccc(-c5cccc(-c6cc7cc(OC)c(OC)cc7c(C)[n+]6C)c5)cc4)cc3)c2cc1OC. The smallest absolute Gasteiger partial charge is 0.213 e. The summed E-state index contributed by atoms with van der Waals surface area (Å²) in [5, 5.41) is 4.30. The van der Waals surface area contributed by atoms with Crippen molar-refractivity contribution < 1.29 is 23.5 Å². The summed E-state index contributed by atoms with van der Waals surface area (Å²) in [4.78, 5) is 5.36. The van der Waals surface area contributed by atoms with Crippen molar-refractivity contribution >= 4 is 21.5 Å². The zero-order chi connectivity index (χ0) is 46.0. The van der Waals surface area contributed by atoms with Crippen molar-refractivity contribution in [1.82, 2.24) is 4.98 Å². The minimum absolute atomic E-state index is 0.645. The Balaban J connectivity index is 0.915. The van der Waals surface area contributed by atoms with Crippen LogP contribution in [-0.4, -0.2) is 33.4 Å². The van der Waals surface area contributed by atoms with E-state index >= 15 is 0 Å². The lowest BCUT2D eigenvalue weighted by Crippen LogP contribution is -2.34. The molecule has 0 saturated heterocycles. The first-order valence-corrected chi connectivity index (χ1v) is 22.5. The second kappa shape index (κ2) is 18.3. The van der Waals surface area contributed by atoms with Gasteiger partial charge in [-0.25, -0.2) is 0 Å². The molecule has 0 radical (unpaired) electrons. The Morgan fingerprint density at radius 2 is 0.806 bits per heavy atom. The summed E-state index contributed by atoms with van der Waals surface area (Å²) >= 11 is 0. The van der Waals surface area contributed by atoms with Gasteiger partial charge in [0.25, 0.3) is 0 Å². The van der Waals surface area contributed by atoms with Crippen molar-refractivity contribution in [3.05, 3.63) is 205 Å². The van der Waals surface area contributed by atoms with Crippen molar-refractivity contribution in [1.29, 1.82) is 0 Å². The lowest BCUT2D eigenvalue weighted by atomic mass is 9.96. The number of ether oxygens (including phenoxy) is 4. The number of methoxy groups -OCH3 is 4. The van der Waals surface area contributed by atoms with E-state index in [0.29, 0.717) is 17.9 Å². The van der Waals surface area contributed by atoms with E-state index in [9.17, 15) is 0 Å². The van der Waals surface area contributed by atoms with Crippen LogP contribution in [0.15, 0.2) is 188 Å². The number of fused-ring (bicyclic) bond motifs is 2. The maximum Gasteiger partial charge on any atom is 0.213 e. The lowest BCUT2D eigenvalue weighted by Gasteiger charge is -2.15. The molecule has 0 N–H and O–H groups in total. The van der Waals surface area contributed by atoms with E-state index < -0.39 is 0 Å². The van der Waals surface area contributed by atoms with E-state index in [1.54, 1.807) is 28.4 Å². The molecule has 67 heavy (non-hydrogen) atoms. The zero-order valence-electron chi connectivity index (χ0n) is 38.6.